The van der Waals surface area contributed by atoms with Crippen molar-refractivity contribution in [3.63, 3.8) is 0 Å². The highest BCUT2D eigenvalue weighted by molar-refractivity contribution is 8.03. The first-order valence-electron chi connectivity index (χ1n) is 8.79. The van der Waals surface area contributed by atoms with Crippen molar-refractivity contribution < 1.29 is 18.3 Å². The molecule has 0 saturated carbocycles. The molecule has 1 atom stereocenters. The van der Waals surface area contributed by atoms with Gasteiger partial charge >= 0.3 is 5.97 Å². The van der Waals surface area contributed by atoms with E-state index >= 15 is 0 Å². The smallest absolute Gasteiger partial charge is 0.337 e. The fourth-order valence-electron chi connectivity index (χ4n) is 3.12. The molecule has 0 aromatic heterocycles. The number of hydrogen-bond acceptors (Lipinski definition) is 6. The molecule has 1 unspecified atom stereocenters. The summed E-state index contributed by atoms with van der Waals surface area (Å²) >= 11 is 1.20. The number of thioether (sulfide) groups is 1. The van der Waals surface area contributed by atoms with E-state index in [-0.39, 0.29) is 6.17 Å². The summed E-state index contributed by atoms with van der Waals surface area (Å²) in [4.78, 5) is 14.9. The average molecular weight is 413 g/mol. The summed E-state index contributed by atoms with van der Waals surface area (Å²) < 4.78 is 32.0. The van der Waals surface area contributed by atoms with E-state index in [0.29, 0.717) is 16.3 Å². The van der Waals surface area contributed by atoms with Crippen molar-refractivity contribution in [2.45, 2.75) is 18.0 Å². The molecule has 0 radical (unpaired) electrons. The number of allylic oxidation sites excluding steroid dienone is 1. The monoisotopic (exact) mass is 413 g/mol. The lowest BCUT2D eigenvalue weighted by Crippen LogP contribution is -2.30. The van der Waals surface area contributed by atoms with Gasteiger partial charge in [-0.25, -0.2) is 13.6 Å². The summed E-state index contributed by atoms with van der Waals surface area (Å²) in [6, 6.07) is 8.85. The van der Waals surface area contributed by atoms with Crippen molar-refractivity contribution in [1.29, 1.82) is 0 Å². The second-order valence-corrected chi connectivity index (χ2v) is 7.63. The Balaban J connectivity index is 1.63. The highest BCUT2D eigenvalue weighted by Crippen LogP contribution is 2.36. The summed E-state index contributed by atoms with van der Waals surface area (Å²) in [5, 5.41) is 4.33. The van der Waals surface area contributed by atoms with Crippen LogP contribution in [0.1, 0.15) is 27.7 Å². The maximum absolute atomic E-state index is 14.0. The van der Waals surface area contributed by atoms with Gasteiger partial charge in [0.1, 0.15) is 17.8 Å². The third kappa shape index (κ3) is 3.75. The SMILES string of the molecule is COC(=O)c1ccc(C)c(C2NN=C3C=CC(Sc4ccc(F)cc4F)=CN32)c1. The van der Waals surface area contributed by atoms with Gasteiger partial charge < -0.3 is 9.64 Å². The highest BCUT2D eigenvalue weighted by atomic mass is 32.2. The number of carbonyl (C=O) groups is 1. The molecule has 1 N–H and O–H groups in total. The van der Waals surface area contributed by atoms with Gasteiger partial charge in [-0.15, -0.1) is 0 Å². The van der Waals surface area contributed by atoms with Crippen molar-refractivity contribution in [2.24, 2.45) is 5.10 Å². The molecule has 148 valence electrons. The fraction of sp³-hybridized carbons (Fsp3) is 0.143. The molecule has 2 aliphatic heterocycles. The number of halogens is 2. The topological polar surface area (TPSA) is 53.9 Å². The van der Waals surface area contributed by atoms with Crippen molar-refractivity contribution in [1.82, 2.24) is 10.3 Å². The van der Waals surface area contributed by atoms with Crippen LogP contribution in [0.3, 0.4) is 0 Å². The van der Waals surface area contributed by atoms with Gasteiger partial charge in [0.2, 0.25) is 0 Å². The van der Waals surface area contributed by atoms with Crippen LogP contribution < -0.4 is 5.43 Å². The van der Waals surface area contributed by atoms with Crippen molar-refractivity contribution >= 4 is 23.6 Å². The molecule has 2 aliphatic rings. The van der Waals surface area contributed by atoms with Crippen LogP contribution in [0.2, 0.25) is 0 Å². The third-order valence-corrected chi connectivity index (χ3v) is 5.65. The van der Waals surface area contributed by atoms with E-state index in [1.807, 2.05) is 36.2 Å². The molecular formula is C21H17F2N3O2S. The maximum atomic E-state index is 14.0. The lowest BCUT2D eigenvalue weighted by molar-refractivity contribution is 0.0600. The van der Waals surface area contributed by atoms with E-state index in [0.717, 1.165) is 22.1 Å². The molecule has 2 aromatic rings. The van der Waals surface area contributed by atoms with Crippen molar-refractivity contribution in [2.75, 3.05) is 7.11 Å². The standard InChI is InChI=1S/C21H17F2N3O2S/c1-12-3-4-13(21(27)28-2)9-16(12)20-25-24-19-8-6-15(11-26(19)20)29-18-7-5-14(22)10-17(18)23/h3-11,20,25H,1-2H3. The van der Waals surface area contributed by atoms with E-state index < -0.39 is 17.6 Å². The zero-order valence-electron chi connectivity index (χ0n) is 15.6. The summed E-state index contributed by atoms with van der Waals surface area (Å²) in [7, 11) is 1.34. The summed E-state index contributed by atoms with van der Waals surface area (Å²) in [6.45, 7) is 1.95. The Hall–Kier alpha value is -3.13. The molecule has 0 aliphatic carbocycles. The number of nitrogens with one attached hydrogen (secondary N) is 1. The Morgan fingerprint density at radius 3 is 2.79 bits per heavy atom. The van der Waals surface area contributed by atoms with Crippen LogP contribution >= 0.6 is 11.8 Å². The van der Waals surface area contributed by atoms with Crippen LogP contribution in [0.4, 0.5) is 8.78 Å². The molecule has 0 saturated heterocycles. The number of benzene rings is 2. The molecule has 2 aromatic carbocycles. The minimum atomic E-state index is -0.612. The lowest BCUT2D eigenvalue weighted by Gasteiger charge is -2.27. The van der Waals surface area contributed by atoms with Gasteiger partial charge in [-0.05, 0) is 48.9 Å². The number of fused-ring (bicyclic) bond motifs is 1. The molecule has 0 fully saturated rings. The molecule has 8 heteroatoms. The minimum Gasteiger partial charge on any atom is -0.465 e. The van der Waals surface area contributed by atoms with Crippen LogP contribution in [0.5, 0.6) is 0 Å². The molecule has 0 amide bonds. The van der Waals surface area contributed by atoms with Crippen LogP contribution in [-0.4, -0.2) is 23.8 Å². The minimum absolute atomic E-state index is 0.326. The van der Waals surface area contributed by atoms with Gasteiger partial charge in [-0.1, -0.05) is 17.8 Å². The molecule has 5 nitrogen and oxygen atoms in total. The number of carbonyl (C=O) groups excluding carboxylic acids is 1. The summed E-state index contributed by atoms with van der Waals surface area (Å²) in [6.07, 6.45) is 5.16. The second-order valence-electron chi connectivity index (χ2n) is 6.51. The Labute approximate surface area is 170 Å². The molecular weight excluding hydrogens is 396 g/mol. The first-order valence-corrected chi connectivity index (χ1v) is 9.61. The number of methoxy groups -OCH3 is 1. The Morgan fingerprint density at radius 2 is 2.03 bits per heavy atom. The number of hydrogen-bond donors (Lipinski definition) is 1. The van der Waals surface area contributed by atoms with Crippen LogP contribution in [0, 0.1) is 18.6 Å². The first kappa shape index (κ1) is 19.2. The van der Waals surface area contributed by atoms with E-state index in [9.17, 15) is 13.6 Å². The second kappa shape index (κ2) is 7.71. The Morgan fingerprint density at radius 1 is 1.21 bits per heavy atom. The van der Waals surface area contributed by atoms with E-state index in [2.05, 4.69) is 10.5 Å². The number of aryl methyl sites for hydroxylation is 1. The van der Waals surface area contributed by atoms with Crippen LogP contribution in [-0.2, 0) is 4.74 Å². The third-order valence-electron chi connectivity index (χ3n) is 4.62. The predicted molar refractivity (Wildman–Crippen MR) is 107 cm³/mol. The number of hydrazone groups is 1. The van der Waals surface area contributed by atoms with Crippen molar-refractivity contribution in [3.8, 4) is 0 Å². The van der Waals surface area contributed by atoms with Gasteiger partial charge in [0.15, 0.2) is 5.84 Å². The number of esters is 1. The Bertz CT molecular complexity index is 1080. The zero-order valence-corrected chi connectivity index (χ0v) is 16.5. The highest BCUT2D eigenvalue weighted by Gasteiger charge is 2.30. The van der Waals surface area contributed by atoms with Crippen molar-refractivity contribution in [3.05, 3.63) is 88.0 Å². The first-order chi connectivity index (χ1) is 14.0. The largest absolute Gasteiger partial charge is 0.465 e. The van der Waals surface area contributed by atoms with E-state index in [1.165, 1.54) is 31.0 Å². The number of rotatable bonds is 4. The van der Waals surface area contributed by atoms with Gasteiger partial charge in [0.05, 0.1) is 12.7 Å². The van der Waals surface area contributed by atoms with Crippen LogP contribution in [0.15, 0.2) is 69.7 Å². The molecule has 0 spiro atoms. The molecule has 29 heavy (non-hydrogen) atoms. The predicted octanol–water partition coefficient (Wildman–Crippen LogP) is 4.48. The summed E-state index contributed by atoms with van der Waals surface area (Å²) in [5.41, 5.74) is 5.37. The number of amidine groups is 1. The normalized spacial score (nSPS) is 17.4. The van der Waals surface area contributed by atoms with E-state index in [1.54, 1.807) is 12.1 Å². The zero-order chi connectivity index (χ0) is 20.5. The van der Waals surface area contributed by atoms with Gasteiger partial charge in [-0.3, -0.25) is 5.43 Å². The maximum Gasteiger partial charge on any atom is 0.337 e. The lowest BCUT2D eigenvalue weighted by atomic mass is 10.0. The van der Waals surface area contributed by atoms with Crippen LogP contribution in [0.25, 0.3) is 0 Å². The van der Waals surface area contributed by atoms with Gasteiger partial charge in [0.25, 0.3) is 0 Å². The van der Waals surface area contributed by atoms with E-state index in [4.69, 9.17) is 4.74 Å². The van der Waals surface area contributed by atoms with Gasteiger partial charge in [-0.2, -0.15) is 5.10 Å². The number of nitrogens with zero attached hydrogens (tertiary/aromatic N) is 2. The quantitative estimate of drug-likeness (QED) is 0.749. The molecule has 2 heterocycles. The molecule has 0 bridgehead atoms. The molecule has 4 rings (SSSR count). The number of ether oxygens (including phenoxy) is 1. The van der Waals surface area contributed by atoms with Gasteiger partial charge in [0, 0.05) is 27.6 Å². The Kier molecular flexibility index (Phi) is 5.10. The summed E-state index contributed by atoms with van der Waals surface area (Å²) in [5.74, 6) is -0.940. The average Bonchev–Trinajstić information content (AvgIpc) is 3.13. The fourth-order valence-corrected chi connectivity index (χ4v) is 3.97.